The number of benzene rings is 1. The van der Waals surface area contributed by atoms with Gasteiger partial charge in [-0.15, -0.1) is 12.4 Å². The number of methoxy groups -OCH3 is 3. The van der Waals surface area contributed by atoms with E-state index >= 15 is 0 Å². The number of ether oxygens (including phenoxy) is 3. The largest absolute Gasteiger partial charge is 0.493 e. The predicted molar refractivity (Wildman–Crippen MR) is 72.0 cm³/mol. The molecule has 5 nitrogen and oxygen atoms in total. The number of aliphatic hydroxyl groups is 1. The standard InChI is InChI=1S/C12H19NO4.ClH/c1-7(14)11(13)8-5-9(15-2)12(17-4)10(6-8)16-3;/h5-7,11,14H,13H2,1-4H3;1H/t7-,11-;/m0./s1. The van der Waals surface area contributed by atoms with E-state index in [1.54, 1.807) is 19.1 Å². The van der Waals surface area contributed by atoms with Crippen molar-refractivity contribution in [1.29, 1.82) is 0 Å². The van der Waals surface area contributed by atoms with Crippen LogP contribution in [0, 0.1) is 0 Å². The van der Waals surface area contributed by atoms with Crippen LogP contribution in [-0.4, -0.2) is 32.5 Å². The molecular formula is C12H20ClNO4. The van der Waals surface area contributed by atoms with E-state index in [1.165, 1.54) is 21.3 Å². The lowest BCUT2D eigenvalue weighted by Crippen LogP contribution is -2.23. The van der Waals surface area contributed by atoms with E-state index in [0.29, 0.717) is 17.2 Å². The van der Waals surface area contributed by atoms with Crippen molar-refractivity contribution in [2.75, 3.05) is 21.3 Å². The quantitative estimate of drug-likeness (QED) is 0.853. The van der Waals surface area contributed by atoms with Gasteiger partial charge in [0.25, 0.3) is 0 Å². The summed E-state index contributed by atoms with van der Waals surface area (Å²) >= 11 is 0. The first-order valence-corrected chi connectivity index (χ1v) is 5.28. The molecule has 0 aliphatic rings. The third-order valence-corrected chi connectivity index (χ3v) is 2.59. The fourth-order valence-corrected chi connectivity index (χ4v) is 1.57. The topological polar surface area (TPSA) is 73.9 Å². The van der Waals surface area contributed by atoms with E-state index < -0.39 is 12.1 Å². The first-order valence-electron chi connectivity index (χ1n) is 5.28. The minimum atomic E-state index is -0.655. The number of rotatable bonds is 5. The smallest absolute Gasteiger partial charge is 0.203 e. The molecule has 0 bridgehead atoms. The highest BCUT2D eigenvalue weighted by atomic mass is 35.5. The summed E-state index contributed by atoms with van der Waals surface area (Å²) in [5, 5.41) is 9.49. The van der Waals surface area contributed by atoms with Crippen molar-refractivity contribution in [3.63, 3.8) is 0 Å². The van der Waals surface area contributed by atoms with Crippen molar-refractivity contribution in [2.24, 2.45) is 5.73 Å². The third kappa shape index (κ3) is 3.41. The molecule has 0 fully saturated rings. The molecule has 3 N–H and O–H groups in total. The fourth-order valence-electron chi connectivity index (χ4n) is 1.57. The molecule has 1 aromatic carbocycles. The SMILES string of the molecule is COc1cc([C@@H](N)[C@H](C)O)cc(OC)c1OC.Cl. The van der Waals surface area contributed by atoms with Crippen molar-refractivity contribution in [2.45, 2.75) is 19.1 Å². The summed E-state index contributed by atoms with van der Waals surface area (Å²) in [6, 6.07) is 2.97. The average molecular weight is 278 g/mol. The maximum Gasteiger partial charge on any atom is 0.203 e. The van der Waals surface area contributed by atoms with Crippen molar-refractivity contribution in [3.05, 3.63) is 17.7 Å². The average Bonchev–Trinajstić information content (AvgIpc) is 2.35. The lowest BCUT2D eigenvalue weighted by molar-refractivity contribution is 0.164. The molecule has 0 saturated heterocycles. The van der Waals surface area contributed by atoms with Crippen LogP contribution in [0.3, 0.4) is 0 Å². The van der Waals surface area contributed by atoms with Gasteiger partial charge in [-0.1, -0.05) is 0 Å². The van der Waals surface area contributed by atoms with Crippen LogP contribution in [0.4, 0.5) is 0 Å². The van der Waals surface area contributed by atoms with Crippen LogP contribution >= 0.6 is 12.4 Å². The summed E-state index contributed by atoms with van der Waals surface area (Å²) in [5.74, 6) is 1.56. The van der Waals surface area contributed by atoms with Gasteiger partial charge in [0.05, 0.1) is 33.5 Å². The van der Waals surface area contributed by atoms with Gasteiger partial charge in [-0.25, -0.2) is 0 Å². The Morgan fingerprint density at radius 1 is 1.06 bits per heavy atom. The van der Waals surface area contributed by atoms with Gasteiger partial charge in [-0.05, 0) is 24.6 Å². The second-order valence-corrected chi connectivity index (χ2v) is 3.73. The molecule has 18 heavy (non-hydrogen) atoms. The molecule has 0 heterocycles. The van der Waals surface area contributed by atoms with E-state index in [1.807, 2.05) is 0 Å². The highest BCUT2D eigenvalue weighted by Crippen LogP contribution is 2.39. The summed E-state index contributed by atoms with van der Waals surface area (Å²) in [6.07, 6.45) is -0.655. The molecule has 0 unspecified atom stereocenters. The summed E-state index contributed by atoms with van der Waals surface area (Å²) < 4.78 is 15.6. The number of halogens is 1. The molecule has 104 valence electrons. The maximum atomic E-state index is 9.49. The van der Waals surface area contributed by atoms with Crippen LogP contribution in [0.2, 0.25) is 0 Å². The van der Waals surface area contributed by atoms with Crippen LogP contribution in [0.5, 0.6) is 17.2 Å². The molecule has 0 aliphatic carbocycles. The predicted octanol–water partition coefficient (Wildman–Crippen LogP) is 1.51. The highest BCUT2D eigenvalue weighted by Gasteiger charge is 2.18. The Balaban J connectivity index is 0.00000289. The van der Waals surface area contributed by atoms with E-state index in [9.17, 15) is 5.11 Å². The third-order valence-electron chi connectivity index (χ3n) is 2.59. The lowest BCUT2D eigenvalue weighted by Gasteiger charge is -2.19. The van der Waals surface area contributed by atoms with Crippen molar-refractivity contribution < 1.29 is 19.3 Å². The molecule has 0 aromatic heterocycles. The van der Waals surface area contributed by atoms with Crippen molar-refractivity contribution in [1.82, 2.24) is 0 Å². The first-order chi connectivity index (χ1) is 8.04. The van der Waals surface area contributed by atoms with Gasteiger partial charge < -0.3 is 25.1 Å². The Hall–Kier alpha value is -1.17. The molecule has 6 heteroatoms. The molecule has 0 saturated carbocycles. The Morgan fingerprint density at radius 2 is 1.50 bits per heavy atom. The van der Waals surface area contributed by atoms with E-state index in [-0.39, 0.29) is 12.4 Å². The summed E-state index contributed by atoms with van der Waals surface area (Å²) in [7, 11) is 4.61. The minimum absolute atomic E-state index is 0. The first kappa shape index (κ1) is 16.8. The zero-order valence-electron chi connectivity index (χ0n) is 11.0. The maximum absolute atomic E-state index is 9.49. The second-order valence-electron chi connectivity index (χ2n) is 3.73. The molecule has 0 spiro atoms. The molecule has 1 rings (SSSR count). The van der Waals surface area contributed by atoms with E-state index in [2.05, 4.69) is 0 Å². The van der Waals surface area contributed by atoms with Gasteiger partial charge >= 0.3 is 0 Å². The monoisotopic (exact) mass is 277 g/mol. The van der Waals surface area contributed by atoms with Gasteiger partial charge in [0.15, 0.2) is 11.5 Å². The zero-order chi connectivity index (χ0) is 13.0. The van der Waals surface area contributed by atoms with Crippen molar-refractivity contribution >= 4 is 12.4 Å². The number of hydrogen-bond acceptors (Lipinski definition) is 5. The lowest BCUT2D eigenvalue weighted by atomic mass is 10.0. The van der Waals surface area contributed by atoms with Gasteiger partial charge in [-0.3, -0.25) is 0 Å². The number of nitrogens with two attached hydrogens (primary N) is 1. The van der Waals surface area contributed by atoms with Crippen LogP contribution in [0.15, 0.2) is 12.1 Å². The fraction of sp³-hybridized carbons (Fsp3) is 0.500. The highest BCUT2D eigenvalue weighted by molar-refractivity contribution is 5.85. The number of hydrogen-bond donors (Lipinski definition) is 2. The van der Waals surface area contributed by atoms with Gasteiger partial charge in [0.2, 0.25) is 5.75 Å². The van der Waals surface area contributed by atoms with Crippen molar-refractivity contribution in [3.8, 4) is 17.2 Å². The zero-order valence-corrected chi connectivity index (χ0v) is 11.8. The molecule has 0 amide bonds. The Morgan fingerprint density at radius 3 is 1.78 bits per heavy atom. The summed E-state index contributed by atoms with van der Waals surface area (Å²) in [6.45, 7) is 1.63. The van der Waals surface area contributed by atoms with Gasteiger partial charge in [0, 0.05) is 0 Å². The number of aliphatic hydroxyl groups excluding tert-OH is 1. The Labute approximate surface area is 113 Å². The normalized spacial score (nSPS) is 13.2. The Bertz CT molecular complexity index is 359. The molecule has 2 atom stereocenters. The molecule has 1 aromatic rings. The summed E-state index contributed by atoms with van der Waals surface area (Å²) in [4.78, 5) is 0. The minimum Gasteiger partial charge on any atom is -0.493 e. The second kappa shape index (κ2) is 7.31. The van der Waals surface area contributed by atoms with Gasteiger partial charge in [0.1, 0.15) is 0 Å². The molecule has 0 radical (unpaired) electrons. The summed E-state index contributed by atoms with van der Waals surface area (Å²) in [5.41, 5.74) is 6.61. The van der Waals surface area contributed by atoms with E-state index in [4.69, 9.17) is 19.9 Å². The molecular weight excluding hydrogens is 258 g/mol. The Kier molecular flexibility index (Phi) is 6.83. The van der Waals surface area contributed by atoms with Crippen LogP contribution in [0.25, 0.3) is 0 Å². The molecule has 0 aliphatic heterocycles. The van der Waals surface area contributed by atoms with Crippen LogP contribution in [-0.2, 0) is 0 Å². The van der Waals surface area contributed by atoms with Crippen LogP contribution < -0.4 is 19.9 Å². The van der Waals surface area contributed by atoms with E-state index in [0.717, 1.165) is 5.56 Å². The van der Waals surface area contributed by atoms with Gasteiger partial charge in [-0.2, -0.15) is 0 Å². The van der Waals surface area contributed by atoms with Crippen LogP contribution in [0.1, 0.15) is 18.5 Å².